The highest BCUT2D eigenvalue weighted by Crippen LogP contribution is 2.31. The molecule has 0 radical (unpaired) electrons. The van der Waals surface area contributed by atoms with Crippen molar-refractivity contribution in [2.75, 3.05) is 13.1 Å². The van der Waals surface area contributed by atoms with Crippen molar-refractivity contribution in [1.82, 2.24) is 14.7 Å². The predicted octanol–water partition coefficient (Wildman–Crippen LogP) is 2.53. The van der Waals surface area contributed by atoms with Gasteiger partial charge in [-0.15, -0.1) is 11.3 Å². The summed E-state index contributed by atoms with van der Waals surface area (Å²) in [6.07, 6.45) is 4.55. The van der Waals surface area contributed by atoms with E-state index < -0.39 is 11.5 Å². The van der Waals surface area contributed by atoms with Crippen LogP contribution in [0.5, 0.6) is 0 Å². The number of piperidine rings is 1. The third-order valence-corrected chi connectivity index (χ3v) is 5.72. The van der Waals surface area contributed by atoms with E-state index in [1.54, 1.807) is 17.8 Å². The molecule has 128 valence electrons. The van der Waals surface area contributed by atoms with Crippen LogP contribution in [0.4, 0.5) is 0 Å². The van der Waals surface area contributed by atoms with Crippen LogP contribution in [-0.4, -0.2) is 44.6 Å². The van der Waals surface area contributed by atoms with Gasteiger partial charge in [-0.05, 0) is 49.3 Å². The number of aryl methyl sites for hydroxylation is 1. The van der Waals surface area contributed by atoms with Gasteiger partial charge < -0.3 is 5.11 Å². The van der Waals surface area contributed by atoms with E-state index in [0.29, 0.717) is 25.9 Å². The lowest BCUT2D eigenvalue weighted by molar-refractivity contribution is -0.151. The number of carbonyl (C=O) groups is 2. The molecule has 0 unspecified atom stereocenters. The quantitative estimate of drug-likeness (QED) is 0.841. The fourth-order valence-electron chi connectivity index (χ4n) is 3.17. The Morgan fingerprint density at radius 2 is 2.08 bits per heavy atom. The molecule has 0 aromatic carbocycles. The molecule has 0 spiro atoms. The Bertz CT molecular complexity index is 757. The smallest absolute Gasteiger partial charge is 0.331 e. The van der Waals surface area contributed by atoms with Crippen molar-refractivity contribution in [3.63, 3.8) is 0 Å². The molecule has 1 aliphatic rings. The van der Waals surface area contributed by atoms with Crippen molar-refractivity contribution in [3.8, 4) is 0 Å². The van der Waals surface area contributed by atoms with E-state index in [4.69, 9.17) is 0 Å². The summed E-state index contributed by atoms with van der Waals surface area (Å²) in [6, 6.07) is 1.93. The fraction of sp³-hybridized carbons (Fsp3) is 0.471. The molecule has 6 nitrogen and oxygen atoms in total. The third kappa shape index (κ3) is 3.14. The molecule has 3 heterocycles. The number of rotatable bonds is 5. The van der Waals surface area contributed by atoms with Gasteiger partial charge in [-0.1, -0.05) is 0 Å². The number of thiophene rings is 1. The summed E-state index contributed by atoms with van der Waals surface area (Å²) in [5, 5.41) is 16.0. The molecule has 3 rings (SSSR count). The molecule has 24 heavy (non-hydrogen) atoms. The number of carbonyl (C=O) groups excluding carboxylic acids is 1. The first-order chi connectivity index (χ1) is 11.4. The average molecular weight is 347 g/mol. The number of Topliss-reactive ketones (excluding diaryl/α,β-unsaturated/α-hetero) is 1. The number of aliphatic carboxylic acids is 1. The number of likely N-dealkylation sites (tertiary alicyclic amines) is 1. The summed E-state index contributed by atoms with van der Waals surface area (Å²) in [5.41, 5.74) is 1.13. The van der Waals surface area contributed by atoms with Crippen LogP contribution in [0.15, 0.2) is 23.8 Å². The van der Waals surface area contributed by atoms with E-state index in [2.05, 4.69) is 10.00 Å². The topological polar surface area (TPSA) is 75.4 Å². The number of carboxylic acids is 1. The molecular weight excluding hydrogens is 326 g/mol. The SMILES string of the molecule is CC(=O)c1cc(CN2CCC(C(=O)O)(n3cc(C)cn3)CC2)cs1. The van der Waals surface area contributed by atoms with Gasteiger partial charge in [-0.3, -0.25) is 14.4 Å². The minimum Gasteiger partial charge on any atom is -0.479 e. The van der Waals surface area contributed by atoms with Crippen LogP contribution >= 0.6 is 11.3 Å². The monoisotopic (exact) mass is 347 g/mol. The first-order valence-corrected chi connectivity index (χ1v) is 8.84. The molecule has 1 saturated heterocycles. The zero-order valence-corrected chi connectivity index (χ0v) is 14.7. The largest absolute Gasteiger partial charge is 0.479 e. The normalized spacial score (nSPS) is 17.8. The van der Waals surface area contributed by atoms with Gasteiger partial charge in [-0.25, -0.2) is 4.79 Å². The lowest BCUT2D eigenvalue weighted by Gasteiger charge is -2.38. The molecule has 1 aliphatic heterocycles. The first kappa shape index (κ1) is 16.9. The van der Waals surface area contributed by atoms with Gasteiger partial charge in [0.25, 0.3) is 0 Å². The van der Waals surface area contributed by atoms with E-state index in [-0.39, 0.29) is 5.78 Å². The molecule has 1 fully saturated rings. The van der Waals surface area contributed by atoms with Gasteiger partial charge >= 0.3 is 5.97 Å². The molecular formula is C17H21N3O3S. The highest BCUT2D eigenvalue weighted by molar-refractivity contribution is 7.12. The van der Waals surface area contributed by atoms with Crippen LogP contribution in [0, 0.1) is 6.92 Å². The Labute approximate surface area is 144 Å². The van der Waals surface area contributed by atoms with Gasteiger partial charge in [0, 0.05) is 25.8 Å². The second-order valence-electron chi connectivity index (χ2n) is 6.45. The minimum absolute atomic E-state index is 0.0869. The van der Waals surface area contributed by atoms with E-state index in [9.17, 15) is 14.7 Å². The first-order valence-electron chi connectivity index (χ1n) is 7.96. The van der Waals surface area contributed by atoms with Crippen molar-refractivity contribution in [2.24, 2.45) is 0 Å². The highest BCUT2D eigenvalue weighted by Gasteiger charge is 2.44. The number of hydrogen-bond donors (Lipinski definition) is 1. The number of nitrogens with zero attached hydrogens (tertiary/aromatic N) is 3. The summed E-state index contributed by atoms with van der Waals surface area (Å²) in [7, 11) is 0. The lowest BCUT2D eigenvalue weighted by Crippen LogP contribution is -2.51. The zero-order chi connectivity index (χ0) is 17.3. The summed E-state index contributed by atoms with van der Waals surface area (Å²) in [4.78, 5) is 26.3. The van der Waals surface area contributed by atoms with E-state index in [0.717, 1.165) is 22.5 Å². The number of aromatic nitrogens is 2. The summed E-state index contributed by atoms with van der Waals surface area (Å²) in [5.74, 6) is -0.733. The van der Waals surface area contributed by atoms with Crippen LogP contribution in [-0.2, 0) is 16.9 Å². The molecule has 0 bridgehead atoms. The maximum Gasteiger partial charge on any atom is 0.331 e. The van der Waals surface area contributed by atoms with Gasteiger partial charge in [0.2, 0.25) is 0 Å². The Hall–Kier alpha value is -1.99. The van der Waals surface area contributed by atoms with E-state index in [1.807, 2.05) is 24.6 Å². The number of carboxylic acid groups (broad SMARTS) is 1. The second kappa shape index (κ2) is 6.49. The van der Waals surface area contributed by atoms with Gasteiger partial charge in [0.05, 0.1) is 11.1 Å². The minimum atomic E-state index is -0.954. The van der Waals surface area contributed by atoms with Crippen molar-refractivity contribution in [2.45, 2.75) is 38.8 Å². The van der Waals surface area contributed by atoms with Crippen molar-refractivity contribution >= 4 is 23.1 Å². The Kier molecular flexibility index (Phi) is 4.56. The average Bonchev–Trinajstić information content (AvgIpc) is 3.17. The second-order valence-corrected chi connectivity index (χ2v) is 7.36. The highest BCUT2D eigenvalue weighted by atomic mass is 32.1. The molecule has 1 N–H and O–H groups in total. The molecule has 2 aromatic heterocycles. The lowest BCUT2D eigenvalue weighted by atomic mass is 9.87. The van der Waals surface area contributed by atoms with Crippen LogP contribution < -0.4 is 0 Å². The van der Waals surface area contributed by atoms with Crippen molar-refractivity contribution < 1.29 is 14.7 Å². The van der Waals surface area contributed by atoms with Gasteiger partial charge in [0.15, 0.2) is 11.3 Å². The Morgan fingerprint density at radius 3 is 2.58 bits per heavy atom. The zero-order valence-electron chi connectivity index (χ0n) is 13.9. The summed E-state index contributed by atoms with van der Waals surface area (Å²) in [6.45, 7) is 5.62. The van der Waals surface area contributed by atoms with Gasteiger partial charge in [-0.2, -0.15) is 5.10 Å². The van der Waals surface area contributed by atoms with E-state index >= 15 is 0 Å². The van der Waals surface area contributed by atoms with Crippen LogP contribution in [0.2, 0.25) is 0 Å². The van der Waals surface area contributed by atoms with Crippen LogP contribution in [0.25, 0.3) is 0 Å². The van der Waals surface area contributed by atoms with Gasteiger partial charge in [0.1, 0.15) is 0 Å². The fourth-order valence-corrected chi connectivity index (χ4v) is 3.98. The third-order valence-electron chi connectivity index (χ3n) is 4.64. The molecule has 7 heteroatoms. The molecule has 0 saturated carbocycles. The number of hydrogen-bond acceptors (Lipinski definition) is 5. The van der Waals surface area contributed by atoms with Crippen LogP contribution in [0.1, 0.15) is 40.6 Å². The maximum absolute atomic E-state index is 11.9. The standard InChI is InChI=1S/C17H21N3O3S/c1-12-8-18-20(9-12)17(16(22)23)3-5-19(6-4-17)10-14-7-15(13(2)21)24-11-14/h7-9,11H,3-6,10H2,1-2H3,(H,22,23). The molecule has 0 amide bonds. The summed E-state index contributed by atoms with van der Waals surface area (Å²) >= 11 is 1.47. The maximum atomic E-state index is 11.9. The number of ketones is 1. The Morgan fingerprint density at radius 1 is 1.38 bits per heavy atom. The molecule has 0 aliphatic carbocycles. The summed E-state index contributed by atoms with van der Waals surface area (Å²) < 4.78 is 1.61. The molecule has 2 aromatic rings. The Balaban J connectivity index is 1.69. The van der Waals surface area contributed by atoms with E-state index in [1.165, 1.54) is 11.3 Å². The van der Waals surface area contributed by atoms with Crippen LogP contribution in [0.3, 0.4) is 0 Å². The molecule has 0 atom stereocenters. The van der Waals surface area contributed by atoms with Crippen molar-refractivity contribution in [1.29, 1.82) is 0 Å². The predicted molar refractivity (Wildman–Crippen MR) is 91.4 cm³/mol. The van der Waals surface area contributed by atoms with Crippen molar-refractivity contribution in [3.05, 3.63) is 39.8 Å².